The Balaban J connectivity index is 1.98. The first-order valence-corrected chi connectivity index (χ1v) is 7.49. The van der Waals surface area contributed by atoms with Gasteiger partial charge in [-0.15, -0.1) is 0 Å². The molecule has 2 rings (SSSR count). The van der Waals surface area contributed by atoms with Gasteiger partial charge in [0, 0.05) is 12.3 Å². The van der Waals surface area contributed by atoms with Crippen LogP contribution in [0.4, 0.5) is 8.78 Å². The summed E-state index contributed by atoms with van der Waals surface area (Å²) in [6.45, 7) is -0.698. The summed E-state index contributed by atoms with van der Waals surface area (Å²) < 4.78 is 33.9. The summed E-state index contributed by atoms with van der Waals surface area (Å²) in [5, 5.41) is 2.73. The zero-order valence-corrected chi connectivity index (χ0v) is 13.8. The first kappa shape index (κ1) is 18.4. The van der Waals surface area contributed by atoms with Gasteiger partial charge in [-0.25, -0.2) is 0 Å². The van der Waals surface area contributed by atoms with Crippen LogP contribution in [0, 0.1) is 6.92 Å². The number of carbonyl (C=O) groups excluding carboxylic acids is 1. The fraction of sp³-hybridized carbons (Fsp3) is 0.222. The van der Waals surface area contributed by atoms with E-state index >= 15 is 0 Å². The molecule has 0 radical (unpaired) electrons. The fourth-order valence-electron chi connectivity index (χ4n) is 2.09. The van der Waals surface area contributed by atoms with Crippen molar-refractivity contribution < 1.29 is 23.0 Å². The number of rotatable bonds is 7. The van der Waals surface area contributed by atoms with Crippen molar-refractivity contribution in [2.75, 3.05) is 7.11 Å². The van der Waals surface area contributed by atoms with Crippen molar-refractivity contribution in [1.82, 2.24) is 10.3 Å². The van der Waals surface area contributed by atoms with Gasteiger partial charge in [-0.3, -0.25) is 9.78 Å². The first-order valence-electron chi connectivity index (χ1n) is 7.49. The zero-order chi connectivity index (χ0) is 18.2. The number of benzene rings is 1. The molecule has 0 atom stereocenters. The summed E-state index contributed by atoms with van der Waals surface area (Å²) in [7, 11) is 1.35. The molecule has 0 unspecified atom stereocenters. The number of nitrogens with one attached hydrogen (secondary N) is 1. The van der Waals surface area contributed by atoms with Gasteiger partial charge >= 0.3 is 6.61 Å². The van der Waals surface area contributed by atoms with E-state index in [0.717, 1.165) is 11.3 Å². The number of hydrogen-bond donors (Lipinski definition) is 1. The molecule has 0 spiro atoms. The molecule has 1 heterocycles. The predicted octanol–water partition coefficient (Wildman–Crippen LogP) is 3.33. The highest BCUT2D eigenvalue weighted by molar-refractivity contribution is 5.91. The molecule has 0 saturated carbocycles. The molecular formula is C18H18F2N2O3. The summed E-state index contributed by atoms with van der Waals surface area (Å²) in [4.78, 5) is 16.1. The van der Waals surface area contributed by atoms with Gasteiger partial charge in [-0.05, 0) is 42.3 Å². The van der Waals surface area contributed by atoms with Crippen LogP contribution >= 0.6 is 0 Å². The maximum absolute atomic E-state index is 12.3. The van der Waals surface area contributed by atoms with Gasteiger partial charge in [0.15, 0.2) is 11.5 Å². The summed E-state index contributed by atoms with van der Waals surface area (Å²) in [6.07, 6.45) is 4.57. The zero-order valence-electron chi connectivity index (χ0n) is 13.8. The molecule has 0 fully saturated rings. The van der Waals surface area contributed by atoms with Gasteiger partial charge in [0.1, 0.15) is 0 Å². The second kappa shape index (κ2) is 8.77. The van der Waals surface area contributed by atoms with Crippen molar-refractivity contribution in [1.29, 1.82) is 0 Å². The Morgan fingerprint density at radius 3 is 2.80 bits per heavy atom. The van der Waals surface area contributed by atoms with E-state index in [1.165, 1.54) is 25.3 Å². The number of nitrogens with zero attached hydrogens (tertiary/aromatic N) is 1. The molecular weight excluding hydrogens is 330 g/mol. The van der Waals surface area contributed by atoms with Crippen LogP contribution in [-0.4, -0.2) is 24.6 Å². The monoisotopic (exact) mass is 348 g/mol. The molecule has 0 saturated heterocycles. The Labute approximate surface area is 144 Å². The van der Waals surface area contributed by atoms with Crippen LogP contribution in [0.1, 0.15) is 16.8 Å². The lowest BCUT2D eigenvalue weighted by Crippen LogP contribution is -2.21. The Kier molecular flexibility index (Phi) is 6.45. The molecule has 0 bridgehead atoms. The fourth-order valence-corrected chi connectivity index (χ4v) is 2.09. The van der Waals surface area contributed by atoms with E-state index in [9.17, 15) is 13.6 Å². The minimum atomic E-state index is -2.93. The maximum atomic E-state index is 12.3. The van der Waals surface area contributed by atoms with Crippen LogP contribution in [0.5, 0.6) is 11.5 Å². The minimum Gasteiger partial charge on any atom is -0.493 e. The highest BCUT2D eigenvalue weighted by atomic mass is 19.3. The highest BCUT2D eigenvalue weighted by Crippen LogP contribution is 2.29. The van der Waals surface area contributed by atoms with Gasteiger partial charge in [-0.1, -0.05) is 12.1 Å². The van der Waals surface area contributed by atoms with Gasteiger partial charge < -0.3 is 14.8 Å². The van der Waals surface area contributed by atoms with Crippen molar-refractivity contribution in [3.8, 4) is 11.5 Å². The van der Waals surface area contributed by atoms with Crippen molar-refractivity contribution >= 4 is 12.0 Å². The smallest absolute Gasteiger partial charge is 0.387 e. The third-order valence-electron chi connectivity index (χ3n) is 3.38. The second-order valence-electron chi connectivity index (χ2n) is 5.11. The number of halogens is 2. The Morgan fingerprint density at radius 1 is 1.32 bits per heavy atom. The normalized spacial score (nSPS) is 10.9. The molecule has 1 aromatic heterocycles. The van der Waals surface area contributed by atoms with E-state index in [-0.39, 0.29) is 17.4 Å². The molecule has 2 aromatic rings. The topological polar surface area (TPSA) is 60.5 Å². The van der Waals surface area contributed by atoms with Gasteiger partial charge in [-0.2, -0.15) is 8.78 Å². The minimum absolute atomic E-state index is 0.0651. The van der Waals surface area contributed by atoms with Crippen LogP contribution in [0.25, 0.3) is 6.08 Å². The Bertz CT molecular complexity index is 764. The molecule has 0 aliphatic rings. The van der Waals surface area contributed by atoms with E-state index in [4.69, 9.17) is 4.74 Å². The Hall–Kier alpha value is -2.96. The lowest BCUT2D eigenvalue weighted by molar-refractivity contribution is -0.116. The van der Waals surface area contributed by atoms with Gasteiger partial charge in [0.25, 0.3) is 0 Å². The number of methoxy groups -OCH3 is 1. The molecule has 1 aromatic carbocycles. The van der Waals surface area contributed by atoms with Gasteiger partial charge in [0.05, 0.1) is 19.3 Å². The van der Waals surface area contributed by atoms with E-state index < -0.39 is 6.61 Å². The SMILES string of the molecule is COc1cc(C=CC(=O)NCc2ncccc2C)ccc1OC(F)F. The highest BCUT2D eigenvalue weighted by Gasteiger charge is 2.10. The quantitative estimate of drug-likeness (QED) is 0.780. The number of alkyl halides is 2. The van der Waals surface area contributed by atoms with E-state index in [2.05, 4.69) is 15.0 Å². The molecule has 1 N–H and O–H groups in total. The average Bonchev–Trinajstić information content (AvgIpc) is 2.59. The molecule has 1 amide bonds. The molecule has 7 heteroatoms. The third kappa shape index (κ3) is 5.56. The van der Waals surface area contributed by atoms with E-state index in [1.807, 2.05) is 19.1 Å². The molecule has 0 aliphatic carbocycles. The number of carbonyl (C=O) groups is 1. The van der Waals surface area contributed by atoms with Crippen molar-refractivity contribution in [2.24, 2.45) is 0 Å². The summed E-state index contributed by atoms with van der Waals surface area (Å²) >= 11 is 0. The summed E-state index contributed by atoms with van der Waals surface area (Å²) in [5.41, 5.74) is 2.40. The lowest BCUT2D eigenvalue weighted by Gasteiger charge is -2.10. The van der Waals surface area contributed by atoms with E-state index in [0.29, 0.717) is 12.1 Å². The number of ether oxygens (including phenoxy) is 2. The van der Waals surface area contributed by atoms with Crippen LogP contribution in [0.15, 0.2) is 42.6 Å². The van der Waals surface area contributed by atoms with Crippen LogP contribution in [0.2, 0.25) is 0 Å². The Morgan fingerprint density at radius 2 is 2.12 bits per heavy atom. The third-order valence-corrected chi connectivity index (χ3v) is 3.38. The number of hydrogen-bond acceptors (Lipinski definition) is 4. The first-order chi connectivity index (χ1) is 12.0. The standard InChI is InChI=1S/C18H18F2N2O3/c1-12-4-3-9-21-14(12)11-22-17(23)8-6-13-5-7-15(25-18(19)20)16(10-13)24-2/h3-10,18H,11H2,1-2H3,(H,22,23). The predicted molar refractivity (Wildman–Crippen MR) is 89.5 cm³/mol. The second-order valence-corrected chi connectivity index (χ2v) is 5.11. The number of amides is 1. The van der Waals surface area contributed by atoms with Crippen LogP contribution in [-0.2, 0) is 11.3 Å². The average molecular weight is 348 g/mol. The van der Waals surface area contributed by atoms with Crippen molar-refractivity contribution in [2.45, 2.75) is 20.1 Å². The number of aromatic nitrogens is 1. The molecule has 132 valence electrons. The molecule has 0 aliphatic heterocycles. The van der Waals surface area contributed by atoms with Crippen LogP contribution < -0.4 is 14.8 Å². The van der Waals surface area contributed by atoms with E-state index in [1.54, 1.807) is 18.3 Å². The molecule has 25 heavy (non-hydrogen) atoms. The summed E-state index contributed by atoms with van der Waals surface area (Å²) in [6, 6.07) is 8.16. The van der Waals surface area contributed by atoms with Crippen LogP contribution in [0.3, 0.4) is 0 Å². The van der Waals surface area contributed by atoms with Gasteiger partial charge in [0.2, 0.25) is 5.91 Å². The number of aryl methyl sites for hydroxylation is 1. The molecule has 5 nitrogen and oxygen atoms in total. The lowest BCUT2D eigenvalue weighted by atomic mass is 10.2. The van der Waals surface area contributed by atoms with Crippen molar-refractivity contribution in [3.05, 3.63) is 59.4 Å². The maximum Gasteiger partial charge on any atom is 0.387 e. The van der Waals surface area contributed by atoms with Crippen molar-refractivity contribution in [3.63, 3.8) is 0 Å². The largest absolute Gasteiger partial charge is 0.493 e. The number of pyridine rings is 1. The summed E-state index contributed by atoms with van der Waals surface area (Å²) in [5.74, 6) is -0.200.